The fourth-order valence-electron chi connectivity index (χ4n) is 3.23. The van der Waals surface area contributed by atoms with E-state index < -0.39 is 0 Å². The molecule has 29 heavy (non-hydrogen) atoms. The predicted octanol–water partition coefficient (Wildman–Crippen LogP) is 4.62. The van der Waals surface area contributed by atoms with E-state index in [9.17, 15) is 4.79 Å². The molecule has 0 bridgehead atoms. The fraction of sp³-hybridized carbons (Fsp3) is 0.227. The van der Waals surface area contributed by atoms with Crippen molar-refractivity contribution in [3.8, 4) is 0 Å². The molecule has 3 aromatic rings. The van der Waals surface area contributed by atoms with Crippen LogP contribution in [0.4, 0.5) is 10.5 Å². The van der Waals surface area contributed by atoms with Crippen molar-refractivity contribution in [2.24, 2.45) is 0 Å². The Kier molecular flexibility index (Phi) is 6.07. The number of anilines is 1. The highest BCUT2D eigenvalue weighted by molar-refractivity contribution is 7.99. The molecule has 1 aliphatic heterocycles. The summed E-state index contributed by atoms with van der Waals surface area (Å²) in [5, 5.41) is 4.62. The molecular weight excluding hydrogens is 384 g/mol. The van der Waals surface area contributed by atoms with Gasteiger partial charge in [0.25, 0.3) is 0 Å². The summed E-state index contributed by atoms with van der Waals surface area (Å²) in [4.78, 5) is 23.3. The first-order valence-corrected chi connectivity index (χ1v) is 10.3. The molecule has 148 valence electrons. The van der Waals surface area contributed by atoms with Crippen LogP contribution in [0.5, 0.6) is 0 Å². The summed E-state index contributed by atoms with van der Waals surface area (Å²) in [6, 6.07) is 19.3. The van der Waals surface area contributed by atoms with Gasteiger partial charge in [-0.1, -0.05) is 48.2 Å². The van der Waals surface area contributed by atoms with Gasteiger partial charge in [0.15, 0.2) is 0 Å². The maximum atomic E-state index is 12.9. The number of carbonyl (C=O) groups is 1. The molecule has 2 atom stereocenters. The maximum Gasteiger partial charge on any atom is 0.322 e. The van der Waals surface area contributed by atoms with Gasteiger partial charge in [-0.3, -0.25) is 0 Å². The summed E-state index contributed by atoms with van der Waals surface area (Å²) in [6.07, 6.45) is 3.28. The van der Waals surface area contributed by atoms with Crippen LogP contribution in [-0.4, -0.2) is 40.1 Å². The highest BCUT2D eigenvalue weighted by atomic mass is 32.2. The lowest BCUT2D eigenvalue weighted by atomic mass is 10.1. The molecule has 7 heteroatoms. The van der Waals surface area contributed by atoms with Crippen molar-refractivity contribution in [2.45, 2.75) is 29.2 Å². The first-order valence-electron chi connectivity index (χ1n) is 9.48. The van der Waals surface area contributed by atoms with Gasteiger partial charge in [-0.2, -0.15) is 0 Å². The van der Waals surface area contributed by atoms with Crippen LogP contribution in [0.1, 0.15) is 18.6 Å². The normalized spacial score (nSPS) is 19.0. The summed E-state index contributed by atoms with van der Waals surface area (Å²) in [5.41, 5.74) is 1.79. The molecule has 1 aliphatic rings. The minimum Gasteiger partial charge on any atom is -0.367 e. The van der Waals surface area contributed by atoms with Gasteiger partial charge >= 0.3 is 6.03 Å². The van der Waals surface area contributed by atoms with Gasteiger partial charge in [-0.25, -0.2) is 14.8 Å². The van der Waals surface area contributed by atoms with E-state index in [2.05, 4.69) is 15.3 Å². The molecule has 2 amide bonds. The van der Waals surface area contributed by atoms with E-state index in [4.69, 9.17) is 4.74 Å². The topological polar surface area (TPSA) is 67.4 Å². The summed E-state index contributed by atoms with van der Waals surface area (Å²) < 4.78 is 6.05. The highest BCUT2D eigenvalue weighted by Crippen LogP contribution is 2.27. The van der Waals surface area contributed by atoms with Crippen LogP contribution in [0.2, 0.25) is 0 Å². The van der Waals surface area contributed by atoms with Crippen molar-refractivity contribution in [2.75, 3.05) is 18.4 Å². The lowest BCUT2D eigenvalue weighted by molar-refractivity contribution is -0.0642. The summed E-state index contributed by atoms with van der Waals surface area (Å²) in [5.74, 6) is 0. The number of pyridine rings is 2. The number of hydrogen-bond acceptors (Lipinski definition) is 5. The van der Waals surface area contributed by atoms with Crippen LogP contribution in [0.15, 0.2) is 83.1 Å². The van der Waals surface area contributed by atoms with Crippen molar-refractivity contribution >= 4 is 23.5 Å². The molecule has 1 aromatic carbocycles. The smallest absolute Gasteiger partial charge is 0.322 e. The van der Waals surface area contributed by atoms with Crippen molar-refractivity contribution < 1.29 is 9.53 Å². The zero-order chi connectivity index (χ0) is 20.1. The summed E-state index contributed by atoms with van der Waals surface area (Å²) in [7, 11) is 0. The van der Waals surface area contributed by atoms with Crippen LogP contribution in [0, 0.1) is 0 Å². The molecule has 0 spiro atoms. The van der Waals surface area contributed by atoms with Gasteiger partial charge in [0.05, 0.1) is 12.6 Å². The van der Waals surface area contributed by atoms with Crippen molar-refractivity contribution in [3.05, 3.63) is 78.6 Å². The van der Waals surface area contributed by atoms with E-state index in [1.54, 1.807) is 23.4 Å². The number of amides is 2. The monoisotopic (exact) mass is 406 g/mol. The van der Waals surface area contributed by atoms with Gasteiger partial charge < -0.3 is 15.0 Å². The molecule has 3 heterocycles. The molecular formula is C22H22N4O2S. The maximum absolute atomic E-state index is 12.9. The zero-order valence-electron chi connectivity index (χ0n) is 16.1. The summed E-state index contributed by atoms with van der Waals surface area (Å²) >= 11 is 1.46. The number of benzene rings is 1. The highest BCUT2D eigenvalue weighted by Gasteiger charge is 2.29. The van der Waals surface area contributed by atoms with E-state index in [0.717, 1.165) is 15.6 Å². The standard InChI is InChI=1S/C22H22N4O2S/c1-16-14-26(15-19(28-16)17-7-3-2-4-8-17)22(27)25-18-10-12-24-21(13-18)29-20-9-5-6-11-23-20/h2-13,16,19H,14-15H2,1H3,(H,24,25,27). The van der Waals surface area contributed by atoms with Crippen LogP contribution in [-0.2, 0) is 4.74 Å². The molecule has 0 radical (unpaired) electrons. The third kappa shape index (κ3) is 5.13. The Morgan fingerprint density at radius 3 is 2.62 bits per heavy atom. The van der Waals surface area contributed by atoms with E-state index in [-0.39, 0.29) is 18.2 Å². The van der Waals surface area contributed by atoms with Crippen LogP contribution >= 0.6 is 11.8 Å². The van der Waals surface area contributed by atoms with Crippen LogP contribution in [0.3, 0.4) is 0 Å². The third-order valence-electron chi connectivity index (χ3n) is 4.55. The van der Waals surface area contributed by atoms with E-state index in [0.29, 0.717) is 18.8 Å². The molecule has 1 saturated heterocycles. The minimum atomic E-state index is -0.138. The van der Waals surface area contributed by atoms with Gasteiger partial charge in [0.2, 0.25) is 0 Å². The summed E-state index contributed by atoms with van der Waals surface area (Å²) in [6.45, 7) is 3.06. The van der Waals surface area contributed by atoms with Gasteiger partial charge in [0, 0.05) is 24.6 Å². The largest absolute Gasteiger partial charge is 0.367 e. The first-order chi connectivity index (χ1) is 14.2. The second kappa shape index (κ2) is 9.07. The Morgan fingerprint density at radius 1 is 1.03 bits per heavy atom. The van der Waals surface area contributed by atoms with Crippen molar-refractivity contribution in [1.82, 2.24) is 14.9 Å². The fourth-order valence-corrected chi connectivity index (χ4v) is 4.00. The molecule has 0 saturated carbocycles. The van der Waals surface area contributed by atoms with Crippen molar-refractivity contribution in [3.63, 3.8) is 0 Å². The second-order valence-corrected chi connectivity index (χ2v) is 7.87. The average molecular weight is 407 g/mol. The number of rotatable bonds is 4. The molecule has 6 nitrogen and oxygen atoms in total. The number of aromatic nitrogens is 2. The second-order valence-electron chi connectivity index (χ2n) is 6.83. The molecule has 1 fully saturated rings. The Hall–Kier alpha value is -2.90. The zero-order valence-corrected chi connectivity index (χ0v) is 16.9. The van der Waals surface area contributed by atoms with Gasteiger partial charge in [-0.15, -0.1) is 0 Å². The molecule has 2 aromatic heterocycles. The van der Waals surface area contributed by atoms with E-state index >= 15 is 0 Å². The number of morpholine rings is 1. The van der Waals surface area contributed by atoms with Gasteiger partial charge in [0.1, 0.15) is 16.2 Å². The minimum absolute atomic E-state index is 0.0348. The van der Waals surface area contributed by atoms with Crippen molar-refractivity contribution in [1.29, 1.82) is 0 Å². The van der Waals surface area contributed by atoms with Gasteiger partial charge in [-0.05, 0) is 36.8 Å². The van der Waals surface area contributed by atoms with E-state index in [1.165, 1.54) is 11.8 Å². The molecule has 4 rings (SSSR count). The van der Waals surface area contributed by atoms with Crippen LogP contribution < -0.4 is 5.32 Å². The van der Waals surface area contributed by atoms with Crippen LogP contribution in [0.25, 0.3) is 0 Å². The third-order valence-corrected chi connectivity index (χ3v) is 5.43. The molecule has 1 N–H and O–H groups in total. The van der Waals surface area contributed by atoms with E-state index in [1.807, 2.05) is 61.5 Å². The first kappa shape index (κ1) is 19.4. The lowest BCUT2D eigenvalue weighted by Gasteiger charge is -2.37. The number of hydrogen-bond donors (Lipinski definition) is 1. The number of carbonyl (C=O) groups excluding carboxylic acids is 1. The number of nitrogens with zero attached hydrogens (tertiary/aromatic N) is 3. The Labute approximate surface area is 174 Å². The number of urea groups is 1. The number of nitrogens with one attached hydrogen (secondary N) is 1. The lowest BCUT2D eigenvalue weighted by Crippen LogP contribution is -2.47. The Balaban J connectivity index is 1.42. The Bertz CT molecular complexity index is 955. The molecule has 0 aliphatic carbocycles. The predicted molar refractivity (Wildman–Crippen MR) is 113 cm³/mol. The Morgan fingerprint density at radius 2 is 1.83 bits per heavy atom. The molecule has 2 unspecified atom stereocenters. The number of ether oxygens (including phenoxy) is 1. The average Bonchev–Trinajstić information content (AvgIpc) is 2.75. The SMILES string of the molecule is CC1CN(C(=O)Nc2ccnc(Sc3ccccn3)c2)CC(c2ccccc2)O1. The quantitative estimate of drug-likeness (QED) is 0.685.